The van der Waals surface area contributed by atoms with Crippen LogP contribution in [0.5, 0.6) is 17.2 Å². The molecule has 1 fully saturated rings. The molecule has 4 nitrogen and oxygen atoms in total. The van der Waals surface area contributed by atoms with Gasteiger partial charge in [0.1, 0.15) is 0 Å². The molecule has 1 aliphatic rings. The fourth-order valence-electron chi connectivity index (χ4n) is 2.15. The molecule has 1 saturated carbocycles. The van der Waals surface area contributed by atoms with E-state index in [4.69, 9.17) is 14.2 Å². The van der Waals surface area contributed by atoms with E-state index in [0.717, 1.165) is 23.8 Å². The minimum absolute atomic E-state index is 0.641. The van der Waals surface area contributed by atoms with Crippen LogP contribution in [0.4, 0.5) is 0 Å². The van der Waals surface area contributed by atoms with E-state index in [1.54, 1.807) is 21.3 Å². The first-order valence-corrected chi connectivity index (χ1v) is 6.22. The van der Waals surface area contributed by atoms with Crippen LogP contribution in [0.25, 0.3) is 0 Å². The molecule has 1 aliphatic carbocycles. The summed E-state index contributed by atoms with van der Waals surface area (Å²) in [5.41, 5.74) is 1.09. The molecule has 18 heavy (non-hydrogen) atoms. The van der Waals surface area contributed by atoms with Crippen LogP contribution in [0.15, 0.2) is 12.1 Å². The quantitative estimate of drug-likeness (QED) is 0.841. The van der Waals surface area contributed by atoms with Crippen molar-refractivity contribution in [1.82, 2.24) is 5.32 Å². The van der Waals surface area contributed by atoms with Gasteiger partial charge in [0, 0.05) is 18.2 Å². The maximum absolute atomic E-state index is 5.44. The molecule has 2 atom stereocenters. The molecule has 0 radical (unpaired) electrons. The van der Waals surface area contributed by atoms with Crippen LogP contribution in [0.2, 0.25) is 0 Å². The van der Waals surface area contributed by atoms with Gasteiger partial charge >= 0.3 is 0 Å². The fraction of sp³-hybridized carbons (Fsp3) is 0.571. The predicted molar refractivity (Wildman–Crippen MR) is 70.5 cm³/mol. The van der Waals surface area contributed by atoms with E-state index < -0.39 is 0 Å². The Morgan fingerprint density at radius 2 is 1.78 bits per heavy atom. The predicted octanol–water partition coefficient (Wildman–Crippen LogP) is 2.21. The number of benzene rings is 1. The van der Waals surface area contributed by atoms with Gasteiger partial charge in [0.25, 0.3) is 0 Å². The molecule has 1 N–H and O–H groups in total. The molecular formula is C14H21NO3. The summed E-state index contributed by atoms with van der Waals surface area (Å²) in [7, 11) is 4.90. The summed E-state index contributed by atoms with van der Waals surface area (Å²) in [5, 5.41) is 3.51. The van der Waals surface area contributed by atoms with Crippen molar-refractivity contribution in [2.24, 2.45) is 5.92 Å². The molecule has 0 spiro atoms. The van der Waals surface area contributed by atoms with Crippen LogP contribution in [-0.2, 0) is 6.54 Å². The lowest BCUT2D eigenvalue weighted by atomic mass is 10.1. The van der Waals surface area contributed by atoms with Gasteiger partial charge in [0.15, 0.2) is 11.5 Å². The van der Waals surface area contributed by atoms with Gasteiger partial charge < -0.3 is 19.5 Å². The third kappa shape index (κ3) is 2.53. The van der Waals surface area contributed by atoms with Gasteiger partial charge in [0.2, 0.25) is 5.75 Å². The lowest BCUT2D eigenvalue weighted by molar-refractivity contribution is 0.321. The maximum atomic E-state index is 5.44. The van der Waals surface area contributed by atoms with Crippen LogP contribution < -0.4 is 19.5 Å². The van der Waals surface area contributed by atoms with Gasteiger partial charge in [-0.1, -0.05) is 13.0 Å². The maximum Gasteiger partial charge on any atom is 0.203 e. The van der Waals surface area contributed by atoms with Crippen LogP contribution in [0.3, 0.4) is 0 Å². The van der Waals surface area contributed by atoms with Crippen molar-refractivity contribution in [3.63, 3.8) is 0 Å². The van der Waals surface area contributed by atoms with Gasteiger partial charge in [-0.2, -0.15) is 0 Å². The van der Waals surface area contributed by atoms with Gasteiger partial charge in [-0.3, -0.25) is 0 Å². The van der Waals surface area contributed by atoms with Crippen LogP contribution in [-0.4, -0.2) is 27.4 Å². The van der Waals surface area contributed by atoms with Gasteiger partial charge in [-0.05, 0) is 18.4 Å². The Balaban J connectivity index is 2.18. The number of hydrogen-bond acceptors (Lipinski definition) is 4. The molecule has 100 valence electrons. The standard InChI is InChI=1S/C14H21NO3/c1-9-7-11(9)15-8-10-5-6-12(16-2)14(18-4)13(10)17-3/h5-6,9,11,15H,7-8H2,1-4H3. The van der Waals surface area contributed by atoms with Crippen molar-refractivity contribution in [3.8, 4) is 17.2 Å². The number of nitrogens with one attached hydrogen (secondary N) is 1. The van der Waals surface area contributed by atoms with E-state index >= 15 is 0 Å². The smallest absolute Gasteiger partial charge is 0.203 e. The van der Waals surface area contributed by atoms with E-state index in [9.17, 15) is 0 Å². The van der Waals surface area contributed by atoms with Crippen molar-refractivity contribution >= 4 is 0 Å². The highest BCUT2D eigenvalue weighted by atomic mass is 16.5. The molecule has 1 aromatic rings. The minimum Gasteiger partial charge on any atom is -0.493 e. The van der Waals surface area contributed by atoms with Gasteiger partial charge in [-0.15, -0.1) is 0 Å². The molecule has 4 heteroatoms. The highest BCUT2D eigenvalue weighted by molar-refractivity contribution is 5.55. The normalized spacial score (nSPS) is 21.6. The van der Waals surface area contributed by atoms with Crippen molar-refractivity contribution in [3.05, 3.63) is 17.7 Å². The Morgan fingerprint density at radius 3 is 2.28 bits per heavy atom. The second-order valence-electron chi connectivity index (χ2n) is 4.69. The van der Waals surface area contributed by atoms with Gasteiger partial charge in [-0.25, -0.2) is 0 Å². The summed E-state index contributed by atoms with van der Waals surface area (Å²) >= 11 is 0. The number of hydrogen-bond donors (Lipinski definition) is 1. The Labute approximate surface area is 108 Å². The van der Waals surface area contributed by atoms with Crippen molar-refractivity contribution in [2.75, 3.05) is 21.3 Å². The largest absolute Gasteiger partial charge is 0.493 e. The van der Waals surface area contributed by atoms with E-state index in [0.29, 0.717) is 17.5 Å². The highest BCUT2D eigenvalue weighted by Gasteiger charge is 2.32. The van der Waals surface area contributed by atoms with Crippen LogP contribution in [0.1, 0.15) is 18.9 Å². The Bertz CT molecular complexity index is 420. The third-order valence-electron chi connectivity index (χ3n) is 3.45. The summed E-state index contributed by atoms with van der Waals surface area (Å²) < 4.78 is 16.1. The third-order valence-corrected chi connectivity index (χ3v) is 3.45. The lowest BCUT2D eigenvalue weighted by Crippen LogP contribution is -2.17. The number of rotatable bonds is 6. The Morgan fingerprint density at radius 1 is 1.11 bits per heavy atom. The molecule has 1 aromatic carbocycles. The molecular weight excluding hydrogens is 230 g/mol. The summed E-state index contributed by atoms with van der Waals surface area (Å²) in [6.45, 7) is 3.04. The molecule has 0 bridgehead atoms. The first-order valence-electron chi connectivity index (χ1n) is 6.22. The molecule has 0 heterocycles. The zero-order chi connectivity index (χ0) is 13.1. The second kappa shape index (κ2) is 5.48. The van der Waals surface area contributed by atoms with E-state index in [1.165, 1.54) is 6.42 Å². The lowest BCUT2D eigenvalue weighted by Gasteiger charge is -2.16. The topological polar surface area (TPSA) is 39.7 Å². The van der Waals surface area contributed by atoms with E-state index in [1.807, 2.05) is 12.1 Å². The second-order valence-corrected chi connectivity index (χ2v) is 4.69. The van der Waals surface area contributed by atoms with Gasteiger partial charge in [0.05, 0.1) is 21.3 Å². The van der Waals surface area contributed by atoms with Crippen molar-refractivity contribution in [2.45, 2.75) is 25.9 Å². The molecule has 2 rings (SSSR count). The average Bonchev–Trinajstić information content (AvgIpc) is 3.10. The average molecular weight is 251 g/mol. The minimum atomic E-state index is 0.641. The SMILES string of the molecule is COc1ccc(CNC2CC2C)c(OC)c1OC. The van der Waals surface area contributed by atoms with Crippen LogP contribution >= 0.6 is 0 Å². The van der Waals surface area contributed by atoms with E-state index in [2.05, 4.69) is 12.2 Å². The summed E-state index contributed by atoms with van der Waals surface area (Å²) in [4.78, 5) is 0. The number of methoxy groups -OCH3 is 3. The number of ether oxygens (including phenoxy) is 3. The fourth-order valence-corrected chi connectivity index (χ4v) is 2.15. The zero-order valence-electron chi connectivity index (χ0n) is 11.4. The zero-order valence-corrected chi connectivity index (χ0v) is 11.4. The highest BCUT2D eigenvalue weighted by Crippen LogP contribution is 2.40. The molecule has 2 unspecified atom stereocenters. The van der Waals surface area contributed by atoms with Crippen molar-refractivity contribution in [1.29, 1.82) is 0 Å². The molecule has 0 aliphatic heterocycles. The summed E-state index contributed by atoms with van der Waals surface area (Å²) in [5.74, 6) is 2.88. The Hall–Kier alpha value is -1.42. The molecule has 0 amide bonds. The monoisotopic (exact) mass is 251 g/mol. The molecule has 0 aromatic heterocycles. The first kappa shape index (κ1) is 13.0. The summed E-state index contributed by atoms with van der Waals surface area (Å²) in [6, 6.07) is 4.57. The van der Waals surface area contributed by atoms with Crippen LogP contribution in [0, 0.1) is 5.92 Å². The Kier molecular flexibility index (Phi) is 3.97. The van der Waals surface area contributed by atoms with E-state index in [-0.39, 0.29) is 0 Å². The first-order chi connectivity index (χ1) is 8.71. The van der Waals surface area contributed by atoms with Crippen molar-refractivity contribution < 1.29 is 14.2 Å². The molecule has 0 saturated heterocycles. The summed E-state index contributed by atoms with van der Waals surface area (Å²) in [6.07, 6.45) is 1.26.